The molecular weight excluding hydrogens is 401 g/mol. The first-order valence-electron chi connectivity index (χ1n) is 7.91. The molecule has 1 amide bonds. The Labute approximate surface area is 159 Å². The van der Waals surface area contributed by atoms with Gasteiger partial charge in [0.1, 0.15) is 0 Å². The highest BCUT2D eigenvalue weighted by Crippen LogP contribution is 2.38. The summed E-state index contributed by atoms with van der Waals surface area (Å²) in [5, 5.41) is 16.5. The quantitative estimate of drug-likeness (QED) is 0.702. The summed E-state index contributed by atoms with van der Waals surface area (Å²) in [6.45, 7) is 5.36. The van der Waals surface area contributed by atoms with Crippen molar-refractivity contribution in [3.63, 3.8) is 0 Å². The van der Waals surface area contributed by atoms with E-state index in [0.29, 0.717) is 5.56 Å². The Bertz CT molecular complexity index is 1030. The predicted octanol–water partition coefficient (Wildman–Crippen LogP) is 3.04. The van der Waals surface area contributed by atoms with Gasteiger partial charge in [0.05, 0.1) is 16.9 Å². The van der Waals surface area contributed by atoms with Gasteiger partial charge in [-0.25, -0.2) is 13.6 Å². The number of anilines is 1. The van der Waals surface area contributed by atoms with Crippen LogP contribution in [-0.2, 0) is 21.8 Å². The number of alkyl halides is 3. The number of aryl methyl sites for hydroxylation is 2. The zero-order valence-corrected chi connectivity index (χ0v) is 16.2. The smallest absolute Gasteiger partial charge is 0.418 e. The van der Waals surface area contributed by atoms with Crippen molar-refractivity contribution in [2.24, 2.45) is 5.14 Å². The van der Waals surface area contributed by atoms with E-state index in [1.54, 1.807) is 0 Å². The molecule has 0 atom stereocenters. The first-order valence-corrected chi connectivity index (χ1v) is 9.45. The molecule has 11 heteroatoms. The van der Waals surface area contributed by atoms with E-state index < -0.39 is 49.8 Å². The molecule has 28 heavy (non-hydrogen) atoms. The Hall–Kier alpha value is -2.37. The number of rotatable bonds is 4. The molecule has 0 saturated carbocycles. The topological polar surface area (TPSA) is 123 Å². The number of carbonyl (C=O) groups is 1. The summed E-state index contributed by atoms with van der Waals surface area (Å²) in [7, 11) is -4.35. The van der Waals surface area contributed by atoms with Gasteiger partial charge in [0.15, 0.2) is 5.76 Å². The summed E-state index contributed by atoms with van der Waals surface area (Å²) < 4.78 is 68.1. The maximum atomic E-state index is 13.4. The summed E-state index contributed by atoms with van der Waals surface area (Å²) in [5.41, 5.74) is -3.06. The maximum absolute atomic E-state index is 13.4. The molecule has 1 heterocycles. The van der Waals surface area contributed by atoms with Gasteiger partial charge in [0.25, 0.3) is 15.9 Å². The number of nitrogens with two attached hydrogens (primary N) is 1. The van der Waals surface area contributed by atoms with Crippen LogP contribution in [-0.4, -0.2) is 19.4 Å². The van der Waals surface area contributed by atoms with Gasteiger partial charge in [0, 0.05) is 11.6 Å². The average molecular weight is 420 g/mol. The number of benzene rings is 1. The normalized spacial score (nSPS) is 12.9. The lowest BCUT2D eigenvalue weighted by Gasteiger charge is -2.19. The lowest BCUT2D eigenvalue weighted by Crippen LogP contribution is -2.23. The molecule has 0 saturated heterocycles. The second kappa shape index (κ2) is 6.90. The summed E-state index contributed by atoms with van der Waals surface area (Å²) in [4.78, 5) is 12.6. The van der Waals surface area contributed by atoms with Gasteiger partial charge in [0.2, 0.25) is 5.09 Å². The summed E-state index contributed by atoms with van der Waals surface area (Å²) in [5.74, 6) is -1.82. The largest absolute Gasteiger partial charge is 0.438 e. The molecule has 0 radical (unpaired) electrons. The van der Waals surface area contributed by atoms with E-state index in [0.717, 1.165) is 12.1 Å². The summed E-state index contributed by atoms with van der Waals surface area (Å²) >= 11 is 0. The SMILES string of the molecule is Cc1cc(C)c(NC(=O)c2oc(S(N)(=O)=O)cc2C(C)(C)O)c(C(F)(F)F)c1. The number of carbonyl (C=O) groups excluding carboxylic acids is 1. The van der Waals surface area contributed by atoms with E-state index in [1.807, 2.05) is 0 Å². The van der Waals surface area contributed by atoms with Crippen LogP contribution in [0, 0.1) is 13.8 Å². The maximum Gasteiger partial charge on any atom is 0.418 e. The summed E-state index contributed by atoms with van der Waals surface area (Å²) in [6.07, 6.45) is -4.74. The molecule has 1 aromatic carbocycles. The fourth-order valence-electron chi connectivity index (χ4n) is 2.66. The monoisotopic (exact) mass is 420 g/mol. The molecule has 0 aliphatic carbocycles. The summed E-state index contributed by atoms with van der Waals surface area (Å²) in [6, 6.07) is 3.17. The van der Waals surface area contributed by atoms with Crippen molar-refractivity contribution in [2.45, 2.75) is 44.6 Å². The van der Waals surface area contributed by atoms with E-state index in [2.05, 4.69) is 5.32 Å². The minimum Gasteiger partial charge on any atom is -0.438 e. The van der Waals surface area contributed by atoms with E-state index in [1.165, 1.54) is 33.8 Å². The Kier molecular flexibility index (Phi) is 5.41. The number of hydrogen-bond donors (Lipinski definition) is 3. The van der Waals surface area contributed by atoms with Crippen LogP contribution < -0.4 is 10.5 Å². The highest BCUT2D eigenvalue weighted by molar-refractivity contribution is 7.89. The van der Waals surface area contributed by atoms with Gasteiger partial charge in [-0.2, -0.15) is 13.2 Å². The van der Waals surface area contributed by atoms with Crippen LogP contribution >= 0.6 is 0 Å². The molecule has 0 unspecified atom stereocenters. The molecule has 0 fully saturated rings. The molecular formula is C17H19F3N2O5S. The Balaban J connectivity index is 2.60. The Morgan fingerprint density at radius 2 is 1.71 bits per heavy atom. The lowest BCUT2D eigenvalue weighted by molar-refractivity contribution is -0.137. The number of nitrogens with one attached hydrogen (secondary N) is 1. The van der Waals surface area contributed by atoms with E-state index in [4.69, 9.17) is 9.56 Å². The third kappa shape index (κ3) is 4.54. The van der Waals surface area contributed by atoms with E-state index in [9.17, 15) is 31.5 Å². The molecule has 154 valence electrons. The molecule has 0 aliphatic rings. The third-order valence-electron chi connectivity index (χ3n) is 3.88. The van der Waals surface area contributed by atoms with Gasteiger partial charge in [-0.1, -0.05) is 11.6 Å². The molecule has 0 aliphatic heterocycles. The first kappa shape index (κ1) is 21.9. The van der Waals surface area contributed by atoms with Crippen LogP contribution in [0.4, 0.5) is 18.9 Å². The number of sulfonamides is 1. The van der Waals surface area contributed by atoms with E-state index in [-0.39, 0.29) is 11.1 Å². The number of furan rings is 1. The number of aliphatic hydroxyl groups is 1. The number of amides is 1. The predicted molar refractivity (Wildman–Crippen MR) is 94.2 cm³/mol. The van der Waals surface area contributed by atoms with Crippen LogP contribution in [0.25, 0.3) is 0 Å². The van der Waals surface area contributed by atoms with Crippen LogP contribution in [0.15, 0.2) is 27.7 Å². The highest BCUT2D eigenvalue weighted by Gasteiger charge is 2.36. The molecule has 1 aromatic heterocycles. The lowest BCUT2D eigenvalue weighted by atomic mass is 9.98. The second-order valence-corrected chi connectivity index (χ2v) is 8.36. The first-order chi connectivity index (χ1) is 12.5. The molecule has 4 N–H and O–H groups in total. The zero-order chi connectivity index (χ0) is 21.7. The third-order valence-corrected chi connectivity index (χ3v) is 4.64. The molecule has 0 bridgehead atoms. The standard InChI is InChI=1S/C17H19F3N2O5S/c1-8-5-9(2)13(10(6-8)17(18,19)20)22-15(23)14-11(16(3,4)24)7-12(27-14)28(21,25)26/h5-7,24H,1-4H3,(H,22,23)(H2,21,25,26). The van der Waals surface area contributed by atoms with Gasteiger partial charge in [-0.05, 0) is 39.3 Å². The molecule has 7 nitrogen and oxygen atoms in total. The zero-order valence-electron chi connectivity index (χ0n) is 15.4. The van der Waals surface area contributed by atoms with Gasteiger partial charge < -0.3 is 14.8 Å². The fourth-order valence-corrected chi connectivity index (χ4v) is 3.14. The minimum atomic E-state index is -4.74. The Morgan fingerprint density at radius 1 is 1.14 bits per heavy atom. The number of halogens is 3. The van der Waals surface area contributed by atoms with Crippen LogP contribution in [0.1, 0.15) is 46.7 Å². The van der Waals surface area contributed by atoms with E-state index >= 15 is 0 Å². The van der Waals surface area contributed by atoms with Crippen molar-refractivity contribution in [3.05, 3.63) is 46.2 Å². The van der Waals surface area contributed by atoms with Crippen LogP contribution in [0.3, 0.4) is 0 Å². The molecule has 0 spiro atoms. The molecule has 2 rings (SSSR count). The number of hydrogen-bond acceptors (Lipinski definition) is 5. The van der Waals surface area contributed by atoms with Crippen molar-refractivity contribution in [3.8, 4) is 0 Å². The van der Waals surface area contributed by atoms with Gasteiger partial charge in [-0.15, -0.1) is 0 Å². The van der Waals surface area contributed by atoms with Crippen molar-refractivity contribution in [1.29, 1.82) is 0 Å². The average Bonchev–Trinajstić information content (AvgIpc) is 2.94. The van der Waals surface area contributed by atoms with Crippen LogP contribution in [0.5, 0.6) is 0 Å². The molecule has 2 aromatic rings. The van der Waals surface area contributed by atoms with Crippen molar-refractivity contribution >= 4 is 21.6 Å². The Morgan fingerprint density at radius 3 is 2.18 bits per heavy atom. The van der Waals surface area contributed by atoms with Gasteiger partial charge >= 0.3 is 6.18 Å². The van der Waals surface area contributed by atoms with Crippen molar-refractivity contribution in [2.75, 3.05) is 5.32 Å². The number of primary sulfonamides is 1. The van der Waals surface area contributed by atoms with Gasteiger partial charge in [-0.3, -0.25) is 4.79 Å². The highest BCUT2D eigenvalue weighted by atomic mass is 32.2. The fraction of sp³-hybridized carbons (Fsp3) is 0.353. The van der Waals surface area contributed by atoms with Crippen molar-refractivity contribution in [1.82, 2.24) is 0 Å². The van der Waals surface area contributed by atoms with Crippen LogP contribution in [0.2, 0.25) is 0 Å². The van der Waals surface area contributed by atoms with Crippen molar-refractivity contribution < 1.29 is 35.9 Å². The second-order valence-electron chi connectivity index (χ2n) is 6.87. The minimum absolute atomic E-state index is 0.142.